The standard InChI is InChI=1S/C43H28N2O2/c1-3-13-35(14-4-1)43(36-15-5-2-6-16-36)39-27-31(29-9-7-11-33(25-29)41-44-21-23-46-41)17-19-37(39)38-20-18-32(28-40(38)43)30-10-8-12-34(26-30)42-45-22-24-47-42/h1-28H. The average molecular weight is 605 g/mol. The molecule has 4 heteroatoms. The first kappa shape index (κ1) is 27.1. The summed E-state index contributed by atoms with van der Waals surface area (Å²) in [6.45, 7) is 0. The van der Waals surface area contributed by atoms with Crippen LogP contribution in [-0.2, 0) is 5.41 Å². The molecule has 0 aliphatic heterocycles. The Bertz CT molecular complexity index is 2170. The number of oxazole rings is 2. The Balaban J connectivity index is 1.29. The Morgan fingerprint density at radius 3 is 1.23 bits per heavy atom. The van der Waals surface area contributed by atoms with Gasteiger partial charge in [-0.25, -0.2) is 9.97 Å². The zero-order valence-electron chi connectivity index (χ0n) is 25.4. The Labute approximate surface area is 272 Å². The number of nitrogens with zero attached hydrogens (tertiary/aromatic N) is 2. The van der Waals surface area contributed by atoms with E-state index >= 15 is 0 Å². The quantitative estimate of drug-likeness (QED) is 0.189. The highest BCUT2D eigenvalue weighted by Gasteiger charge is 2.46. The first-order chi connectivity index (χ1) is 23.3. The minimum Gasteiger partial charge on any atom is -0.445 e. The molecule has 0 atom stereocenters. The number of aromatic nitrogens is 2. The molecule has 8 aromatic rings. The second-order valence-electron chi connectivity index (χ2n) is 11.8. The van der Waals surface area contributed by atoms with Crippen molar-refractivity contribution < 1.29 is 8.83 Å². The van der Waals surface area contributed by atoms with E-state index in [-0.39, 0.29) is 0 Å². The van der Waals surface area contributed by atoms with E-state index < -0.39 is 5.41 Å². The maximum Gasteiger partial charge on any atom is 0.225 e. The fourth-order valence-electron chi connectivity index (χ4n) is 7.24. The maximum absolute atomic E-state index is 5.63. The van der Waals surface area contributed by atoms with Gasteiger partial charge in [0.25, 0.3) is 0 Å². The molecule has 4 nitrogen and oxygen atoms in total. The van der Waals surface area contributed by atoms with Crippen molar-refractivity contribution in [1.82, 2.24) is 9.97 Å². The van der Waals surface area contributed by atoms with Crippen molar-refractivity contribution in [2.24, 2.45) is 0 Å². The molecule has 1 aliphatic rings. The van der Waals surface area contributed by atoms with E-state index in [1.165, 1.54) is 33.4 Å². The van der Waals surface area contributed by atoms with Gasteiger partial charge in [-0.1, -0.05) is 109 Å². The third-order valence-electron chi connectivity index (χ3n) is 9.30. The summed E-state index contributed by atoms with van der Waals surface area (Å²) < 4.78 is 11.3. The van der Waals surface area contributed by atoms with E-state index in [0.29, 0.717) is 11.8 Å². The largest absolute Gasteiger partial charge is 0.445 e. The minimum atomic E-state index is -0.542. The Morgan fingerprint density at radius 2 is 0.809 bits per heavy atom. The number of benzene rings is 6. The SMILES string of the molecule is c1ccc(C2(c3ccccc3)c3cc(-c4cccc(-c5ncco5)c4)ccc3-c3ccc(-c4cccc(-c5ncco5)c4)cc32)cc1. The van der Waals surface area contributed by atoms with Crippen molar-refractivity contribution in [1.29, 1.82) is 0 Å². The molecule has 222 valence electrons. The molecule has 2 aromatic heterocycles. The molecule has 47 heavy (non-hydrogen) atoms. The van der Waals surface area contributed by atoms with Gasteiger partial charge in [-0.05, 0) is 92.0 Å². The second kappa shape index (κ2) is 11.0. The summed E-state index contributed by atoms with van der Waals surface area (Å²) >= 11 is 0. The Hall–Kier alpha value is -6.26. The zero-order valence-corrected chi connectivity index (χ0v) is 25.4. The van der Waals surface area contributed by atoms with Crippen LogP contribution in [0.2, 0.25) is 0 Å². The van der Waals surface area contributed by atoms with Gasteiger partial charge >= 0.3 is 0 Å². The molecular weight excluding hydrogens is 576 g/mol. The van der Waals surface area contributed by atoms with Gasteiger partial charge in [0.2, 0.25) is 11.8 Å². The Kier molecular flexibility index (Phi) is 6.32. The van der Waals surface area contributed by atoms with Crippen LogP contribution in [0, 0.1) is 0 Å². The topological polar surface area (TPSA) is 52.1 Å². The fraction of sp³-hybridized carbons (Fsp3) is 0.0233. The van der Waals surface area contributed by atoms with E-state index in [1.807, 2.05) is 12.1 Å². The normalized spacial score (nSPS) is 12.9. The van der Waals surface area contributed by atoms with Crippen molar-refractivity contribution in [2.75, 3.05) is 0 Å². The molecule has 6 aromatic carbocycles. The van der Waals surface area contributed by atoms with Crippen LogP contribution in [0.1, 0.15) is 22.3 Å². The molecule has 0 unspecified atom stereocenters. The molecule has 0 saturated carbocycles. The lowest BCUT2D eigenvalue weighted by molar-refractivity contribution is 0.574. The summed E-state index contributed by atoms with van der Waals surface area (Å²) in [5.74, 6) is 1.23. The third-order valence-corrected chi connectivity index (χ3v) is 9.30. The minimum absolute atomic E-state index is 0.542. The van der Waals surface area contributed by atoms with Crippen LogP contribution in [0.5, 0.6) is 0 Å². The summed E-state index contributed by atoms with van der Waals surface area (Å²) in [5.41, 5.74) is 13.3. The number of hydrogen-bond donors (Lipinski definition) is 0. The maximum atomic E-state index is 5.63. The molecule has 0 saturated heterocycles. The molecule has 2 heterocycles. The van der Waals surface area contributed by atoms with Crippen LogP contribution in [-0.4, -0.2) is 9.97 Å². The average Bonchev–Trinajstić information content (AvgIpc) is 3.93. The van der Waals surface area contributed by atoms with Gasteiger partial charge in [0.15, 0.2) is 0 Å². The fourth-order valence-corrected chi connectivity index (χ4v) is 7.24. The highest BCUT2D eigenvalue weighted by atomic mass is 16.3. The summed E-state index contributed by atoms with van der Waals surface area (Å²) in [6.07, 6.45) is 6.59. The molecular formula is C43H28N2O2. The molecule has 0 radical (unpaired) electrons. The molecule has 0 fully saturated rings. The Morgan fingerprint density at radius 1 is 0.383 bits per heavy atom. The lowest BCUT2D eigenvalue weighted by Gasteiger charge is -2.34. The van der Waals surface area contributed by atoms with Crippen LogP contribution >= 0.6 is 0 Å². The van der Waals surface area contributed by atoms with Crippen LogP contribution in [0.3, 0.4) is 0 Å². The van der Waals surface area contributed by atoms with E-state index in [9.17, 15) is 0 Å². The molecule has 1 aliphatic carbocycles. The van der Waals surface area contributed by atoms with Crippen molar-refractivity contribution in [3.63, 3.8) is 0 Å². The summed E-state index contributed by atoms with van der Waals surface area (Å²) in [6, 6.07) is 52.4. The smallest absolute Gasteiger partial charge is 0.225 e. The van der Waals surface area contributed by atoms with E-state index in [4.69, 9.17) is 8.83 Å². The lowest BCUT2D eigenvalue weighted by Crippen LogP contribution is -2.28. The third kappa shape index (κ3) is 4.38. The van der Waals surface area contributed by atoms with Crippen molar-refractivity contribution >= 4 is 0 Å². The number of fused-ring (bicyclic) bond motifs is 3. The van der Waals surface area contributed by atoms with Crippen LogP contribution in [0.25, 0.3) is 56.3 Å². The monoisotopic (exact) mass is 604 g/mol. The highest BCUT2D eigenvalue weighted by molar-refractivity contribution is 5.90. The van der Waals surface area contributed by atoms with Crippen LogP contribution in [0.15, 0.2) is 179 Å². The molecule has 0 amide bonds. The predicted octanol–water partition coefficient (Wildman–Crippen LogP) is 10.7. The zero-order chi connectivity index (χ0) is 31.2. The summed E-state index contributed by atoms with van der Waals surface area (Å²) in [7, 11) is 0. The van der Waals surface area contributed by atoms with Crippen molar-refractivity contribution in [3.8, 4) is 56.3 Å². The van der Waals surface area contributed by atoms with Gasteiger partial charge in [-0.15, -0.1) is 0 Å². The molecule has 0 N–H and O–H groups in total. The van der Waals surface area contributed by atoms with E-state index in [0.717, 1.165) is 33.4 Å². The number of rotatable bonds is 6. The van der Waals surface area contributed by atoms with Gasteiger partial charge in [-0.2, -0.15) is 0 Å². The van der Waals surface area contributed by atoms with Crippen molar-refractivity contribution in [3.05, 3.63) is 193 Å². The van der Waals surface area contributed by atoms with Gasteiger partial charge < -0.3 is 8.83 Å². The molecule has 9 rings (SSSR count). The lowest BCUT2D eigenvalue weighted by atomic mass is 9.67. The highest BCUT2D eigenvalue weighted by Crippen LogP contribution is 2.57. The first-order valence-electron chi connectivity index (χ1n) is 15.7. The molecule has 0 bridgehead atoms. The van der Waals surface area contributed by atoms with Crippen LogP contribution < -0.4 is 0 Å². The molecule has 0 spiro atoms. The summed E-state index contributed by atoms with van der Waals surface area (Å²) in [5, 5.41) is 0. The predicted molar refractivity (Wildman–Crippen MR) is 186 cm³/mol. The van der Waals surface area contributed by atoms with E-state index in [2.05, 4.69) is 143 Å². The van der Waals surface area contributed by atoms with Gasteiger partial charge in [0, 0.05) is 11.1 Å². The first-order valence-corrected chi connectivity index (χ1v) is 15.7. The number of hydrogen-bond acceptors (Lipinski definition) is 4. The summed E-state index contributed by atoms with van der Waals surface area (Å²) in [4.78, 5) is 8.77. The van der Waals surface area contributed by atoms with Crippen LogP contribution in [0.4, 0.5) is 0 Å². The van der Waals surface area contributed by atoms with Gasteiger partial charge in [0.1, 0.15) is 12.5 Å². The second-order valence-corrected chi connectivity index (χ2v) is 11.8. The van der Waals surface area contributed by atoms with Crippen molar-refractivity contribution in [2.45, 2.75) is 5.41 Å². The van der Waals surface area contributed by atoms with E-state index in [1.54, 1.807) is 24.9 Å². The van der Waals surface area contributed by atoms with Gasteiger partial charge in [0.05, 0.1) is 17.8 Å². The van der Waals surface area contributed by atoms with Gasteiger partial charge in [-0.3, -0.25) is 0 Å².